The lowest BCUT2D eigenvalue weighted by Crippen LogP contribution is -2.04. The fourth-order valence-corrected chi connectivity index (χ4v) is 4.93. The molecule has 0 saturated carbocycles. The van der Waals surface area contributed by atoms with E-state index >= 15 is 0 Å². The molecule has 0 aliphatic heterocycles. The van der Waals surface area contributed by atoms with Crippen molar-refractivity contribution in [1.82, 2.24) is 0 Å². The second-order valence-corrected chi connectivity index (χ2v) is 10.8. The third-order valence-corrected chi connectivity index (χ3v) is 7.40. The van der Waals surface area contributed by atoms with E-state index < -0.39 is 0 Å². The van der Waals surface area contributed by atoms with Crippen molar-refractivity contribution in [2.24, 2.45) is 0 Å². The third kappa shape index (κ3) is 9.01. The quantitative estimate of drug-likeness (QED) is 0.147. The van der Waals surface area contributed by atoms with Gasteiger partial charge in [0.25, 0.3) is 0 Å². The molecule has 4 heteroatoms. The molecule has 3 aromatic rings. The van der Waals surface area contributed by atoms with Crippen LogP contribution in [0.25, 0.3) is 0 Å². The van der Waals surface area contributed by atoms with Gasteiger partial charge in [0.05, 0.1) is 0 Å². The zero-order valence-corrected chi connectivity index (χ0v) is 24.0. The van der Waals surface area contributed by atoms with Crippen molar-refractivity contribution in [3.8, 4) is 23.0 Å². The first-order valence-electron chi connectivity index (χ1n) is 14.7. The minimum absolute atomic E-state index is 0.346. The Bertz CT molecular complexity index is 1000. The van der Waals surface area contributed by atoms with E-state index in [1.54, 1.807) is 0 Å². The summed E-state index contributed by atoms with van der Waals surface area (Å²) in [4.78, 5) is 0. The van der Waals surface area contributed by atoms with E-state index in [-0.39, 0.29) is 0 Å². The number of hydrogen-bond acceptors (Lipinski definition) is 4. The van der Waals surface area contributed by atoms with Crippen LogP contribution in [0.1, 0.15) is 115 Å². The van der Waals surface area contributed by atoms with Gasteiger partial charge in [-0.2, -0.15) is 0 Å². The minimum Gasteiger partial charge on any atom is -0.457 e. The summed E-state index contributed by atoms with van der Waals surface area (Å²) in [7, 11) is 0. The first kappa shape index (κ1) is 29.4. The van der Waals surface area contributed by atoms with Crippen molar-refractivity contribution in [3.05, 3.63) is 71.8 Å². The molecule has 0 aliphatic carbocycles. The van der Waals surface area contributed by atoms with Gasteiger partial charge in [0.2, 0.25) is 0 Å². The van der Waals surface area contributed by atoms with Gasteiger partial charge in [-0.25, -0.2) is 0 Å². The fourth-order valence-electron chi connectivity index (χ4n) is 4.93. The molecule has 2 unspecified atom stereocenters. The third-order valence-electron chi connectivity index (χ3n) is 7.40. The Kier molecular flexibility index (Phi) is 11.9. The van der Waals surface area contributed by atoms with Crippen LogP contribution in [-0.4, -0.2) is 0 Å². The molecule has 38 heavy (non-hydrogen) atoms. The molecule has 4 nitrogen and oxygen atoms in total. The van der Waals surface area contributed by atoms with Crippen LogP contribution in [0.5, 0.6) is 23.0 Å². The summed E-state index contributed by atoms with van der Waals surface area (Å²) < 4.78 is 13.1. The first-order valence-corrected chi connectivity index (χ1v) is 14.7. The molecule has 3 aromatic carbocycles. The molecular formula is C34H48N2O2. The van der Waals surface area contributed by atoms with Crippen LogP contribution in [0.15, 0.2) is 60.7 Å². The molecular weight excluding hydrogens is 468 g/mol. The Morgan fingerprint density at radius 2 is 0.921 bits per heavy atom. The van der Waals surface area contributed by atoms with Crippen LogP contribution in [0.2, 0.25) is 0 Å². The number of nitrogen functional groups attached to an aromatic ring is 2. The summed E-state index contributed by atoms with van der Waals surface area (Å²) >= 11 is 0. The van der Waals surface area contributed by atoms with Crippen molar-refractivity contribution in [2.75, 3.05) is 11.5 Å². The maximum Gasteiger partial charge on any atom is 0.131 e. The zero-order chi connectivity index (χ0) is 27.3. The normalized spacial score (nSPS) is 12.7. The van der Waals surface area contributed by atoms with Crippen LogP contribution < -0.4 is 20.9 Å². The number of anilines is 2. The number of nitrogens with two attached hydrogens (primary N) is 2. The summed E-state index contributed by atoms with van der Waals surface area (Å²) in [6.07, 6.45) is 12.2. The highest BCUT2D eigenvalue weighted by molar-refractivity contribution is 5.53. The maximum absolute atomic E-state index is 6.54. The van der Waals surface area contributed by atoms with E-state index in [4.69, 9.17) is 20.9 Å². The minimum atomic E-state index is 0.346. The van der Waals surface area contributed by atoms with Crippen LogP contribution in [0.3, 0.4) is 0 Å². The SMILES string of the molecule is CCCCCCC(C)c1cc(Oc2ccc(N)cc2)c(C(C)CCCCCC)cc1Oc1ccc(N)cc1. The Morgan fingerprint density at radius 3 is 1.26 bits per heavy atom. The van der Waals surface area contributed by atoms with E-state index in [9.17, 15) is 0 Å². The van der Waals surface area contributed by atoms with Gasteiger partial charge in [-0.15, -0.1) is 0 Å². The molecule has 0 fully saturated rings. The lowest BCUT2D eigenvalue weighted by Gasteiger charge is -2.23. The average molecular weight is 517 g/mol. The number of unbranched alkanes of at least 4 members (excludes halogenated alkanes) is 6. The van der Waals surface area contributed by atoms with Gasteiger partial charge in [0, 0.05) is 22.5 Å². The highest BCUT2D eigenvalue weighted by Gasteiger charge is 2.21. The lowest BCUT2D eigenvalue weighted by molar-refractivity contribution is 0.444. The largest absolute Gasteiger partial charge is 0.457 e. The molecule has 0 saturated heterocycles. The molecule has 3 rings (SSSR count). The van der Waals surface area contributed by atoms with Gasteiger partial charge in [-0.1, -0.05) is 79.1 Å². The molecule has 0 bridgehead atoms. The van der Waals surface area contributed by atoms with E-state index in [0.29, 0.717) is 11.8 Å². The maximum atomic E-state index is 6.54. The Hall–Kier alpha value is -3.14. The van der Waals surface area contributed by atoms with Crippen LogP contribution in [0.4, 0.5) is 11.4 Å². The summed E-state index contributed by atoms with van der Waals surface area (Å²) in [5, 5.41) is 0. The van der Waals surface area contributed by atoms with E-state index in [1.807, 2.05) is 48.5 Å². The van der Waals surface area contributed by atoms with Crippen LogP contribution >= 0.6 is 0 Å². The van der Waals surface area contributed by atoms with Gasteiger partial charge in [0.15, 0.2) is 0 Å². The van der Waals surface area contributed by atoms with Gasteiger partial charge in [-0.05, 0) is 85.3 Å². The molecule has 2 atom stereocenters. The predicted molar refractivity (Wildman–Crippen MR) is 163 cm³/mol. The van der Waals surface area contributed by atoms with Gasteiger partial charge in [-0.3, -0.25) is 0 Å². The number of benzene rings is 3. The summed E-state index contributed by atoms with van der Waals surface area (Å²) in [5.41, 5.74) is 15.7. The standard InChI is InChI=1S/C34H48N2O2/c1-5-7-9-11-13-25(3)31-23-34(38-30-21-17-28(36)18-22-30)32(26(4)14-12-10-8-6-2)24-33(31)37-29-19-15-27(35)16-20-29/h15-26H,5-14,35-36H2,1-4H3. The summed E-state index contributed by atoms with van der Waals surface area (Å²) in [5.74, 6) is 4.12. The van der Waals surface area contributed by atoms with E-state index in [2.05, 4.69) is 39.8 Å². The fraction of sp³-hybridized carbons (Fsp3) is 0.471. The highest BCUT2D eigenvalue weighted by Crippen LogP contribution is 2.43. The molecule has 0 aliphatic rings. The Morgan fingerprint density at radius 1 is 0.553 bits per heavy atom. The second kappa shape index (κ2) is 15.3. The number of ether oxygens (including phenoxy) is 2. The first-order chi connectivity index (χ1) is 18.4. The monoisotopic (exact) mass is 516 g/mol. The second-order valence-electron chi connectivity index (χ2n) is 10.8. The zero-order valence-electron chi connectivity index (χ0n) is 24.0. The number of hydrogen-bond donors (Lipinski definition) is 2. The van der Waals surface area contributed by atoms with Crippen molar-refractivity contribution >= 4 is 11.4 Å². The van der Waals surface area contributed by atoms with Gasteiger partial charge >= 0.3 is 0 Å². The molecule has 206 valence electrons. The highest BCUT2D eigenvalue weighted by atomic mass is 16.5. The van der Waals surface area contributed by atoms with Crippen molar-refractivity contribution < 1.29 is 9.47 Å². The molecule has 4 N–H and O–H groups in total. The molecule has 0 heterocycles. The number of rotatable bonds is 16. The van der Waals surface area contributed by atoms with E-state index in [0.717, 1.165) is 47.2 Å². The average Bonchev–Trinajstić information content (AvgIpc) is 2.92. The van der Waals surface area contributed by atoms with Gasteiger partial charge < -0.3 is 20.9 Å². The molecule has 0 spiro atoms. The topological polar surface area (TPSA) is 70.5 Å². The van der Waals surface area contributed by atoms with Crippen molar-refractivity contribution in [3.63, 3.8) is 0 Å². The Balaban J connectivity index is 2.00. The van der Waals surface area contributed by atoms with E-state index in [1.165, 1.54) is 62.5 Å². The molecule has 0 aromatic heterocycles. The molecule has 0 amide bonds. The van der Waals surface area contributed by atoms with Gasteiger partial charge in [0.1, 0.15) is 23.0 Å². The predicted octanol–water partition coefficient (Wildman–Crippen LogP) is 10.6. The smallest absolute Gasteiger partial charge is 0.131 e. The lowest BCUT2D eigenvalue weighted by atomic mass is 9.88. The van der Waals surface area contributed by atoms with Crippen LogP contribution in [0, 0.1) is 0 Å². The Labute approximate surface area is 230 Å². The molecule has 0 radical (unpaired) electrons. The summed E-state index contributed by atoms with van der Waals surface area (Å²) in [6, 6.07) is 19.8. The van der Waals surface area contributed by atoms with Crippen LogP contribution in [-0.2, 0) is 0 Å². The van der Waals surface area contributed by atoms with Crippen molar-refractivity contribution in [2.45, 2.75) is 104 Å². The summed E-state index contributed by atoms with van der Waals surface area (Å²) in [6.45, 7) is 9.12. The van der Waals surface area contributed by atoms with Crippen molar-refractivity contribution in [1.29, 1.82) is 0 Å².